The summed E-state index contributed by atoms with van der Waals surface area (Å²) < 4.78 is 5.23. The molecule has 7 nitrogen and oxygen atoms in total. The van der Waals surface area contributed by atoms with Crippen LogP contribution in [-0.4, -0.2) is 52.1 Å². The number of aromatic nitrogens is 3. The van der Waals surface area contributed by atoms with Crippen molar-refractivity contribution in [3.8, 4) is 6.01 Å². The summed E-state index contributed by atoms with van der Waals surface area (Å²) in [5, 5.41) is 3.17. The number of nitrogens with zero attached hydrogens (tertiary/aromatic N) is 4. The van der Waals surface area contributed by atoms with Crippen molar-refractivity contribution < 1.29 is 4.74 Å². The van der Waals surface area contributed by atoms with Gasteiger partial charge in [0.15, 0.2) is 0 Å². The first-order valence-corrected chi connectivity index (χ1v) is 6.85. The maximum absolute atomic E-state index is 5.61. The van der Waals surface area contributed by atoms with Gasteiger partial charge in [-0.1, -0.05) is 6.92 Å². The van der Waals surface area contributed by atoms with Gasteiger partial charge in [-0.2, -0.15) is 15.0 Å². The van der Waals surface area contributed by atoms with Crippen molar-refractivity contribution in [3.63, 3.8) is 0 Å². The number of nitrogens with two attached hydrogens (primary N) is 1. The van der Waals surface area contributed by atoms with Crippen molar-refractivity contribution in [2.75, 3.05) is 37.3 Å². The topological polar surface area (TPSA) is 89.2 Å². The van der Waals surface area contributed by atoms with E-state index >= 15 is 0 Å². The summed E-state index contributed by atoms with van der Waals surface area (Å²) in [5.74, 6) is 0.651. The van der Waals surface area contributed by atoms with Crippen LogP contribution in [-0.2, 0) is 0 Å². The minimum absolute atomic E-state index is 0.176. The molecule has 0 aliphatic heterocycles. The summed E-state index contributed by atoms with van der Waals surface area (Å²) in [6.45, 7) is 7.43. The minimum atomic E-state index is 0.176. The second-order valence-electron chi connectivity index (χ2n) is 4.52. The Morgan fingerprint density at radius 1 is 1.32 bits per heavy atom. The van der Waals surface area contributed by atoms with Crippen LogP contribution in [0.15, 0.2) is 0 Å². The molecule has 0 aromatic carbocycles. The summed E-state index contributed by atoms with van der Waals surface area (Å²) in [7, 11) is 0. The lowest BCUT2D eigenvalue weighted by Gasteiger charge is -2.19. The first-order valence-electron chi connectivity index (χ1n) is 6.85. The fourth-order valence-electron chi connectivity index (χ4n) is 1.99. The number of rotatable bonds is 8. The quantitative estimate of drug-likeness (QED) is 0.717. The maximum Gasteiger partial charge on any atom is 0.323 e. The van der Waals surface area contributed by atoms with Gasteiger partial charge in [-0.3, -0.25) is 4.90 Å². The van der Waals surface area contributed by atoms with Crippen molar-refractivity contribution in [1.82, 2.24) is 19.9 Å². The Kier molecular flexibility index (Phi) is 4.73. The third-order valence-electron chi connectivity index (χ3n) is 3.06. The highest BCUT2D eigenvalue weighted by atomic mass is 16.5. The lowest BCUT2D eigenvalue weighted by Crippen LogP contribution is -2.31. The van der Waals surface area contributed by atoms with Crippen molar-refractivity contribution in [1.29, 1.82) is 0 Å². The van der Waals surface area contributed by atoms with Gasteiger partial charge in [0, 0.05) is 19.1 Å². The van der Waals surface area contributed by atoms with Crippen LogP contribution in [0.4, 0.5) is 11.9 Å². The molecule has 106 valence electrons. The molecule has 1 aliphatic carbocycles. The number of ether oxygens (including phenoxy) is 1. The first-order chi connectivity index (χ1) is 9.22. The lowest BCUT2D eigenvalue weighted by molar-refractivity contribution is 0.288. The largest absolute Gasteiger partial charge is 0.464 e. The van der Waals surface area contributed by atoms with Crippen molar-refractivity contribution in [3.05, 3.63) is 0 Å². The zero-order valence-electron chi connectivity index (χ0n) is 11.6. The third-order valence-corrected chi connectivity index (χ3v) is 3.06. The van der Waals surface area contributed by atoms with E-state index in [4.69, 9.17) is 10.5 Å². The Morgan fingerprint density at radius 3 is 2.74 bits per heavy atom. The number of nitrogen functional groups attached to an aromatic ring is 1. The van der Waals surface area contributed by atoms with Crippen molar-refractivity contribution >= 4 is 11.9 Å². The van der Waals surface area contributed by atoms with Crippen molar-refractivity contribution in [2.45, 2.75) is 32.7 Å². The Bertz CT molecular complexity index is 409. The van der Waals surface area contributed by atoms with E-state index in [2.05, 4.69) is 32.1 Å². The summed E-state index contributed by atoms with van der Waals surface area (Å²) in [4.78, 5) is 14.6. The Labute approximate surface area is 113 Å². The molecular weight excluding hydrogens is 244 g/mol. The molecule has 1 aromatic rings. The first kappa shape index (κ1) is 13.8. The monoisotopic (exact) mass is 266 g/mol. The molecule has 0 amide bonds. The van der Waals surface area contributed by atoms with E-state index in [-0.39, 0.29) is 12.0 Å². The van der Waals surface area contributed by atoms with Crippen LogP contribution in [0, 0.1) is 0 Å². The van der Waals surface area contributed by atoms with E-state index < -0.39 is 0 Å². The van der Waals surface area contributed by atoms with Crippen LogP contribution in [0.3, 0.4) is 0 Å². The van der Waals surface area contributed by atoms with E-state index in [0.717, 1.165) is 25.7 Å². The van der Waals surface area contributed by atoms with Crippen LogP contribution in [0.1, 0.15) is 26.7 Å². The van der Waals surface area contributed by atoms with Crippen LogP contribution in [0.25, 0.3) is 0 Å². The van der Waals surface area contributed by atoms with E-state index in [9.17, 15) is 0 Å². The van der Waals surface area contributed by atoms with Gasteiger partial charge >= 0.3 is 6.01 Å². The molecule has 19 heavy (non-hydrogen) atoms. The standard InChI is InChI=1S/C12H22N6O/c1-3-18(9-5-6-9)8-7-14-11-15-10(13)16-12(17-11)19-4-2/h9H,3-8H2,1-2H3,(H3,13,14,15,16,17). The molecule has 0 atom stereocenters. The highest BCUT2D eigenvalue weighted by molar-refractivity contribution is 5.32. The molecule has 0 radical (unpaired) electrons. The molecule has 2 rings (SSSR count). The molecule has 1 heterocycles. The number of hydrogen-bond acceptors (Lipinski definition) is 7. The molecular formula is C12H22N6O. The molecule has 1 aromatic heterocycles. The SMILES string of the molecule is CCOc1nc(N)nc(NCCN(CC)C2CC2)n1. The van der Waals surface area contributed by atoms with E-state index in [1.54, 1.807) is 0 Å². The highest BCUT2D eigenvalue weighted by Crippen LogP contribution is 2.25. The summed E-state index contributed by atoms with van der Waals surface area (Å²) in [5.41, 5.74) is 5.61. The van der Waals surface area contributed by atoms with Gasteiger partial charge in [0.1, 0.15) is 0 Å². The predicted molar refractivity (Wildman–Crippen MR) is 74.2 cm³/mol. The van der Waals surface area contributed by atoms with Gasteiger partial charge in [-0.05, 0) is 26.3 Å². The summed E-state index contributed by atoms with van der Waals surface area (Å²) in [6, 6.07) is 1.04. The summed E-state index contributed by atoms with van der Waals surface area (Å²) in [6.07, 6.45) is 2.64. The zero-order valence-corrected chi connectivity index (χ0v) is 11.6. The predicted octanol–water partition coefficient (Wildman–Crippen LogP) is 0.749. The Morgan fingerprint density at radius 2 is 2.11 bits per heavy atom. The van der Waals surface area contributed by atoms with E-state index in [0.29, 0.717) is 12.6 Å². The highest BCUT2D eigenvalue weighted by Gasteiger charge is 2.27. The van der Waals surface area contributed by atoms with Gasteiger partial charge in [0.25, 0.3) is 0 Å². The van der Waals surface area contributed by atoms with Crippen LogP contribution < -0.4 is 15.8 Å². The molecule has 1 saturated carbocycles. The van der Waals surface area contributed by atoms with Gasteiger partial charge in [-0.25, -0.2) is 0 Å². The average Bonchev–Trinajstić information content (AvgIpc) is 3.19. The maximum atomic E-state index is 5.61. The molecule has 3 N–H and O–H groups in total. The van der Waals surface area contributed by atoms with Crippen LogP contribution in [0.2, 0.25) is 0 Å². The Balaban J connectivity index is 1.84. The number of hydrogen-bond donors (Lipinski definition) is 2. The number of likely N-dealkylation sites (N-methyl/N-ethyl adjacent to an activating group) is 1. The second-order valence-corrected chi connectivity index (χ2v) is 4.52. The van der Waals surface area contributed by atoms with Gasteiger partial charge in [0.05, 0.1) is 6.61 Å². The van der Waals surface area contributed by atoms with Gasteiger partial charge in [0.2, 0.25) is 11.9 Å². The van der Waals surface area contributed by atoms with Crippen LogP contribution in [0.5, 0.6) is 6.01 Å². The molecule has 0 bridgehead atoms. The molecule has 1 fully saturated rings. The second kappa shape index (κ2) is 6.51. The van der Waals surface area contributed by atoms with E-state index in [1.807, 2.05) is 6.92 Å². The molecule has 1 aliphatic rings. The van der Waals surface area contributed by atoms with E-state index in [1.165, 1.54) is 12.8 Å². The van der Waals surface area contributed by atoms with Gasteiger partial charge in [-0.15, -0.1) is 0 Å². The van der Waals surface area contributed by atoms with Crippen LogP contribution >= 0.6 is 0 Å². The Hall–Kier alpha value is -1.63. The van der Waals surface area contributed by atoms with Gasteiger partial charge < -0.3 is 15.8 Å². The fraction of sp³-hybridized carbons (Fsp3) is 0.750. The molecule has 7 heteroatoms. The lowest BCUT2D eigenvalue weighted by atomic mass is 10.4. The minimum Gasteiger partial charge on any atom is -0.464 e. The summed E-state index contributed by atoms with van der Waals surface area (Å²) >= 11 is 0. The molecule has 0 saturated heterocycles. The molecule has 0 spiro atoms. The average molecular weight is 266 g/mol. The van der Waals surface area contributed by atoms with Crippen molar-refractivity contribution in [2.24, 2.45) is 0 Å². The normalized spacial score (nSPS) is 14.7. The number of anilines is 2. The number of nitrogens with one attached hydrogen (secondary N) is 1. The smallest absolute Gasteiger partial charge is 0.323 e. The third kappa shape index (κ3) is 4.20. The molecule has 0 unspecified atom stereocenters. The zero-order chi connectivity index (χ0) is 13.7. The fourth-order valence-corrected chi connectivity index (χ4v) is 1.99.